The quantitative estimate of drug-likeness (QED) is 0.565. The lowest BCUT2D eigenvalue weighted by Gasteiger charge is -2.14. The van der Waals surface area contributed by atoms with Crippen LogP contribution in [0.4, 0.5) is 0 Å². The second-order valence-corrected chi connectivity index (χ2v) is 5.67. The molecule has 0 aromatic rings. The minimum absolute atomic E-state index is 0.0787. The van der Waals surface area contributed by atoms with Crippen LogP contribution < -0.4 is 5.32 Å². The second-order valence-electron chi connectivity index (χ2n) is 5.67. The average Bonchev–Trinajstić information content (AvgIpc) is 3.08. The zero-order chi connectivity index (χ0) is 18.1. The summed E-state index contributed by atoms with van der Waals surface area (Å²) in [6, 6.07) is 0. The highest BCUT2D eigenvalue weighted by atomic mass is 16.2. The maximum Gasteiger partial charge on any atom is 0.253 e. The van der Waals surface area contributed by atoms with Crippen LogP contribution in [-0.2, 0) is 24.0 Å². The number of carbonyl (C=O) groups excluding carboxylic acids is 5. The van der Waals surface area contributed by atoms with Crippen LogP contribution in [0.25, 0.3) is 0 Å². The predicted molar refractivity (Wildman–Crippen MR) is 86.7 cm³/mol. The van der Waals surface area contributed by atoms with E-state index >= 15 is 0 Å². The Hall–Kier alpha value is -2.57. The van der Waals surface area contributed by atoms with Crippen LogP contribution in [0.5, 0.6) is 0 Å². The van der Waals surface area contributed by atoms with E-state index in [-0.39, 0.29) is 48.7 Å². The molecule has 1 aliphatic heterocycles. The summed E-state index contributed by atoms with van der Waals surface area (Å²) >= 11 is 0. The molecule has 1 unspecified atom stereocenters. The zero-order valence-corrected chi connectivity index (χ0v) is 13.9. The van der Waals surface area contributed by atoms with E-state index in [1.54, 1.807) is 0 Å². The highest BCUT2D eigenvalue weighted by molar-refractivity contribution is 6.16. The van der Waals surface area contributed by atoms with Crippen molar-refractivity contribution < 1.29 is 24.0 Å². The van der Waals surface area contributed by atoms with Gasteiger partial charge in [-0.15, -0.1) is 0 Å². The topological polar surface area (TPSA) is 101 Å². The SMILES string of the molecule is CCC(C)CNC(=O)CCN1C(=O)C=CC1=O.O=C1C=CC(=O)C1. The van der Waals surface area contributed by atoms with Crippen molar-refractivity contribution in [2.24, 2.45) is 5.92 Å². The van der Waals surface area contributed by atoms with E-state index in [9.17, 15) is 24.0 Å². The van der Waals surface area contributed by atoms with Crippen molar-refractivity contribution in [3.05, 3.63) is 24.3 Å². The summed E-state index contributed by atoms with van der Waals surface area (Å²) in [6.07, 6.45) is 6.31. The standard InChI is InChI=1S/C12H18N2O3.C5H4O2/c1-3-9(2)8-13-10(15)6-7-14-11(16)4-5-12(14)17;6-4-1-2-5(7)3-4/h4-5,9H,3,6-8H2,1-2H3,(H,13,15);1-2H,3H2. The molecule has 0 spiro atoms. The van der Waals surface area contributed by atoms with E-state index in [0.717, 1.165) is 11.3 Å². The molecule has 1 aliphatic carbocycles. The highest BCUT2D eigenvalue weighted by Crippen LogP contribution is 2.04. The van der Waals surface area contributed by atoms with Gasteiger partial charge in [0.2, 0.25) is 5.91 Å². The lowest BCUT2D eigenvalue weighted by atomic mass is 10.1. The molecule has 0 saturated heterocycles. The fourth-order valence-corrected chi connectivity index (χ4v) is 1.86. The number of carbonyl (C=O) groups is 5. The molecular formula is C17H22N2O5. The minimum atomic E-state index is -0.343. The molecule has 0 aromatic carbocycles. The van der Waals surface area contributed by atoms with Gasteiger partial charge in [-0.25, -0.2) is 0 Å². The van der Waals surface area contributed by atoms with Gasteiger partial charge in [-0.3, -0.25) is 28.9 Å². The van der Waals surface area contributed by atoms with Gasteiger partial charge in [-0.1, -0.05) is 20.3 Å². The van der Waals surface area contributed by atoms with Gasteiger partial charge in [-0.2, -0.15) is 0 Å². The first kappa shape index (κ1) is 19.5. The molecule has 0 radical (unpaired) electrons. The van der Waals surface area contributed by atoms with Crippen LogP contribution in [0.1, 0.15) is 33.1 Å². The molecule has 1 atom stereocenters. The van der Waals surface area contributed by atoms with Crippen molar-refractivity contribution in [3.63, 3.8) is 0 Å². The number of imide groups is 1. The molecule has 1 N–H and O–H groups in total. The van der Waals surface area contributed by atoms with E-state index in [2.05, 4.69) is 19.2 Å². The van der Waals surface area contributed by atoms with Gasteiger partial charge in [0.05, 0.1) is 6.42 Å². The number of nitrogens with one attached hydrogen (secondary N) is 1. The Morgan fingerprint density at radius 1 is 1.08 bits per heavy atom. The first-order valence-electron chi connectivity index (χ1n) is 7.87. The van der Waals surface area contributed by atoms with Gasteiger partial charge in [0, 0.05) is 31.7 Å². The molecule has 130 valence electrons. The summed E-state index contributed by atoms with van der Waals surface area (Å²) in [5.74, 6) is -0.530. The van der Waals surface area contributed by atoms with Crippen molar-refractivity contribution >= 4 is 29.3 Å². The van der Waals surface area contributed by atoms with Crippen molar-refractivity contribution in [1.29, 1.82) is 0 Å². The molecule has 24 heavy (non-hydrogen) atoms. The summed E-state index contributed by atoms with van der Waals surface area (Å²) < 4.78 is 0. The number of ketones is 2. The molecule has 0 saturated carbocycles. The third kappa shape index (κ3) is 6.68. The Morgan fingerprint density at radius 3 is 2.04 bits per heavy atom. The van der Waals surface area contributed by atoms with Crippen molar-refractivity contribution in [3.8, 4) is 0 Å². The molecular weight excluding hydrogens is 312 g/mol. The van der Waals surface area contributed by atoms with Gasteiger partial charge in [0.15, 0.2) is 11.6 Å². The first-order chi connectivity index (χ1) is 11.3. The number of amides is 3. The molecule has 3 amide bonds. The number of nitrogens with zero attached hydrogens (tertiary/aromatic N) is 1. The zero-order valence-electron chi connectivity index (χ0n) is 13.9. The summed E-state index contributed by atoms with van der Waals surface area (Å²) in [7, 11) is 0. The molecule has 0 bridgehead atoms. The van der Waals surface area contributed by atoms with Gasteiger partial charge in [-0.05, 0) is 18.1 Å². The Kier molecular flexibility index (Phi) is 7.74. The lowest BCUT2D eigenvalue weighted by molar-refractivity contribution is -0.137. The van der Waals surface area contributed by atoms with Gasteiger partial charge < -0.3 is 5.32 Å². The Morgan fingerprint density at radius 2 is 1.62 bits per heavy atom. The van der Waals surface area contributed by atoms with E-state index in [0.29, 0.717) is 12.5 Å². The summed E-state index contributed by atoms with van der Waals surface area (Å²) in [4.78, 5) is 55.2. The normalized spacial score (nSPS) is 17.2. The number of hydrogen-bond acceptors (Lipinski definition) is 5. The Balaban J connectivity index is 0.000000341. The Labute approximate surface area is 140 Å². The number of rotatable bonds is 6. The minimum Gasteiger partial charge on any atom is -0.356 e. The third-order valence-corrected chi connectivity index (χ3v) is 3.61. The van der Waals surface area contributed by atoms with E-state index in [1.165, 1.54) is 24.3 Å². The molecule has 2 rings (SSSR count). The molecule has 0 aromatic heterocycles. The number of hydrogen-bond donors (Lipinski definition) is 1. The second kappa shape index (κ2) is 9.54. The average molecular weight is 334 g/mol. The molecule has 0 fully saturated rings. The van der Waals surface area contributed by atoms with Gasteiger partial charge >= 0.3 is 0 Å². The maximum atomic E-state index is 11.5. The van der Waals surface area contributed by atoms with Crippen LogP contribution >= 0.6 is 0 Å². The van der Waals surface area contributed by atoms with E-state index < -0.39 is 0 Å². The van der Waals surface area contributed by atoms with Gasteiger partial charge in [0.1, 0.15) is 0 Å². The van der Waals surface area contributed by atoms with Crippen molar-refractivity contribution in [1.82, 2.24) is 10.2 Å². The summed E-state index contributed by atoms with van der Waals surface area (Å²) in [5.41, 5.74) is 0. The van der Waals surface area contributed by atoms with Crippen molar-refractivity contribution in [2.75, 3.05) is 13.1 Å². The van der Waals surface area contributed by atoms with Crippen LogP contribution in [0.2, 0.25) is 0 Å². The fraction of sp³-hybridized carbons (Fsp3) is 0.471. The monoisotopic (exact) mass is 334 g/mol. The van der Waals surface area contributed by atoms with E-state index in [4.69, 9.17) is 0 Å². The lowest BCUT2D eigenvalue weighted by Crippen LogP contribution is -2.35. The van der Waals surface area contributed by atoms with Crippen LogP contribution in [-0.4, -0.2) is 47.3 Å². The van der Waals surface area contributed by atoms with Crippen LogP contribution in [0.15, 0.2) is 24.3 Å². The Bertz CT molecular complexity index is 558. The molecule has 7 nitrogen and oxygen atoms in total. The summed E-state index contributed by atoms with van der Waals surface area (Å²) in [5, 5.41) is 2.78. The fourth-order valence-electron chi connectivity index (χ4n) is 1.86. The largest absolute Gasteiger partial charge is 0.356 e. The molecule has 2 aliphatic rings. The molecule has 1 heterocycles. The van der Waals surface area contributed by atoms with Gasteiger partial charge in [0.25, 0.3) is 11.8 Å². The predicted octanol–water partition coefficient (Wildman–Crippen LogP) is 0.548. The summed E-state index contributed by atoms with van der Waals surface area (Å²) in [6.45, 7) is 4.90. The first-order valence-corrected chi connectivity index (χ1v) is 7.87. The van der Waals surface area contributed by atoms with Crippen LogP contribution in [0.3, 0.4) is 0 Å². The highest BCUT2D eigenvalue weighted by Gasteiger charge is 2.23. The van der Waals surface area contributed by atoms with Crippen molar-refractivity contribution in [2.45, 2.75) is 33.1 Å². The number of allylic oxidation sites excluding steroid dienone is 2. The molecule has 7 heteroatoms. The third-order valence-electron chi connectivity index (χ3n) is 3.61. The smallest absolute Gasteiger partial charge is 0.253 e. The maximum absolute atomic E-state index is 11.5. The van der Waals surface area contributed by atoms with E-state index in [1.807, 2.05) is 0 Å². The van der Waals surface area contributed by atoms with Crippen LogP contribution in [0, 0.1) is 5.92 Å².